The summed E-state index contributed by atoms with van der Waals surface area (Å²) in [4.78, 5) is 23.9. The largest absolute Gasteiger partial charge is 0.493 e. The first kappa shape index (κ1) is 19.3. The van der Waals surface area contributed by atoms with Crippen molar-refractivity contribution in [1.29, 1.82) is 0 Å². The summed E-state index contributed by atoms with van der Waals surface area (Å²) in [6, 6.07) is 12.3. The minimum absolute atomic E-state index is 0.284. The van der Waals surface area contributed by atoms with Crippen LogP contribution in [0.3, 0.4) is 0 Å². The van der Waals surface area contributed by atoms with Gasteiger partial charge in [0.15, 0.2) is 17.6 Å². The topological polar surface area (TPSA) is 73.9 Å². The highest BCUT2D eigenvalue weighted by atomic mass is 16.5. The second-order valence-corrected chi connectivity index (χ2v) is 5.66. The Hall–Kier alpha value is -3.02. The van der Waals surface area contributed by atoms with Crippen LogP contribution in [0.1, 0.15) is 29.8 Å². The number of esters is 1. The second-order valence-electron chi connectivity index (χ2n) is 5.66. The van der Waals surface area contributed by atoms with Crippen molar-refractivity contribution in [2.24, 2.45) is 0 Å². The Morgan fingerprint density at radius 3 is 2.31 bits per heavy atom. The molecule has 138 valence electrons. The van der Waals surface area contributed by atoms with Crippen molar-refractivity contribution in [3.05, 3.63) is 53.6 Å². The standard InChI is InChI=1S/C20H23NO5/c1-5-14-6-9-16(10-7-14)21-19(22)13(2)26-17-11-8-15(20(23)25-4)12-18(17)24-3/h6-13H,5H2,1-4H3,(H,21,22). The van der Waals surface area contributed by atoms with Gasteiger partial charge in [0, 0.05) is 5.69 Å². The summed E-state index contributed by atoms with van der Waals surface area (Å²) in [5, 5.41) is 2.81. The number of nitrogens with one attached hydrogen (secondary N) is 1. The molecule has 0 bridgehead atoms. The van der Waals surface area contributed by atoms with E-state index in [1.165, 1.54) is 25.8 Å². The zero-order valence-corrected chi connectivity index (χ0v) is 15.4. The van der Waals surface area contributed by atoms with E-state index in [0.717, 1.165) is 6.42 Å². The maximum atomic E-state index is 12.3. The molecule has 1 unspecified atom stereocenters. The molecule has 26 heavy (non-hydrogen) atoms. The fourth-order valence-corrected chi connectivity index (χ4v) is 2.32. The highest BCUT2D eigenvalue weighted by Gasteiger charge is 2.18. The number of carbonyl (C=O) groups is 2. The summed E-state index contributed by atoms with van der Waals surface area (Å²) in [6.07, 6.45) is 0.188. The van der Waals surface area contributed by atoms with Crippen molar-refractivity contribution in [2.75, 3.05) is 19.5 Å². The van der Waals surface area contributed by atoms with Crippen LogP contribution in [0.25, 0.3) is 0 Å². The lowest BCUT2D eigenvalue weighted by Gasteiger charge is -2.17. The fourth-order valence-electron chi connectivity index (χ4n) is 2.32. The molecule has 6 nitrogen and oxygen atoms in total. The minimum Gasteiger partial charge on any atom is -0.493 e. The Morgan fingerprint density at radius 2 is 1.73 bits per heavy atom. The van der Waals surface area contributed by atoms with Crippen LogP contribution in [-0.4, -0.2) is 32.2 Å². The zero-order chi connectivity index (χ0) is 19.1. The molecule has 1 amide bonds. The van der Waals surface area contributed by atoms with Crippen LogP contribution < -0.4 is 14.8 Å². The van der Waals surface area contributed by atoms with Gasteiger partial charge in [-0.15, -0.1) is 0 Å². The second kappa shape index (κ2) is 8.89. The van der Waals surface area contributed by atoms with E-state index in [-0.39, 0.29) is 5.91 Å². The lowest BCUT2D eigenvalue weighted by atomic mass is 10.1. The normalized spacial score (nSPS) is 11.4. The van der Waals surface area contributed by atoms with E-state index >= 15 is 0 Å². The third-order valence-corrected chi connectivity index (χ3v) is 3.89. The maximum absolute atomic E-state index is 12.3. The van der Waals surface area contributed by atoms with E-state index in [1.54, 1.807) is 19.1 Å². The molecule has 0 spiro atoms. The highest BCUT2D eigenvalue weighted by molar-refractivity contribution is 5.94. The van der Waals surface area contributed by atoms with Crippen LogP contribution >= 0.6 is 0 Å². The number of amides is 1. The summed E-state index contributed by atoms with van der Waals surface area (Å²) in [5.74, 6) is -0.0477. The van der Waals surface area contributed by atoms with Crippen molar-refractivity contribution >= 4 is 17.6 Å². The van der Waals surface area contributed by atoms with Crippen molar-refractivity contribution in [3.8, 4) is 11.5 Å². The van der Waals surface area contributed by atoms with E-state index in [9.17, 15) is 9.59 Å². The highest BCUT2D eigenvalue weighted by Crippen LogP contribution is 2.29. The van der Waals surface area contributed by atoms with Crippen molar-refractivity contribution < 1.29 is 23.8 Å². The summed E-state index contributed by atoms with van der Waals surface area (Å²) < 4.78 is 15.6. The molecular weight excluding hydrogens is 334 g/mol. The Labute approximate surface area is 153 Å². The molecular formula is C20H23NO5. The van der Waals surface area contributed by atoms with Gasteiger partial charge in [-0.05, 0) is 49.2 Å². The fraction of sp³-hybridized carbons (Fsp3) is 0.300. The van der Waals surface area contributed by atoms with E-state index in [4.69, 9.17) is 9.47 Å². The number of hydrogen-bond acceptors (Lipinski definition) is 5. The first-order valence-corrected chi connectivity index (χ1v) is 8.31. The Kier molecular flexibility index (Phi) is 6.60. The number of methoxy groups -OCH3 is 2. The summed E-state index contributed by atoms with van der Waals surface area (Å²) in [6.45, 7) is 3.71. The van der Waals surface area contributed by atoms with Gasteiger partial charge in [-0.2, -0.15) is 0 Å². The molecule has 0 saturated heterocycles. The predicted octanol–water partition coefficient (Wildman–Crippen LogP) is 3.45. The van der Waals surface area contributed by atoms with Crippen LogP contribution in [0.4, 0.5) is 5.69 Å². The van der Waals surface area contributed by atoms with E-state index in [1.807, 2.05) is 24.3 Å². The molecule has 6 heteroatoms. The first-order chi connectivity index (χ1) is 12.5. The van der Waals surface area contributed by atoms with E-state index in [2.05, 4.69) is 17.0 Å². The number of carbonyl (C=O) groups excluding carboxylic acids is 2. The lowest BCUT2D eigenvalue weighted by molar-refractivity contribution is -0.122. The minimum atomic E-state index is -0.751. The van der Waals surface area contributed by atoms with Crippen molar-refractivity contribution in [1.82, 2.24) is 0 Å². The first-order valence-electron chi connectivity index (χ1n) is 8.31. The van der Waals surface area contributed by atoms with E-state index in [0.29, 0.717) is 22.7 Å². The average Bonchev–Trinajstić information content (AvgIpc) is 2.68. The van der Waals surface area contributed by atoms with Gasteiger partial charge in [0.2, 0.25) is 0 Å². The molecule has 2 aromatic rings. The third kappa shape index (κ3) is 4.75. The molecule has 0 heterocycles. The van der Waals surface area contributed by atoms with Gasteiger partial charge in [-0.1, -0.05) is 19.1 Å². The monoisotopic (exact) mass is 357 g/mol. The van der Waals surface area contributed by atoms with Crippen LogP contribution in [0, 0.1) is 0 Å². The summed E-state index contributed by atoms with van der Waals surface area (Å²) in [5.41, 5.74) is 2.24. The number of benzene rings is 2. The quantitative estimate of drug-likeness (QED) is 0.768. The SMILES string of the molecule is CCc1ccc(NC(=O)C(C)Oc2ccc(C(=O)OC)cc2OC)cc1. The predicted molar refractivity (Wildman–Crippen MR) is 98.9 cm³/mol. The molecule has 0 aromatic heterocycles. The average molecular weight is 357 g/mol. The number of hydrogen-bond donors (Lipinski definition) is 1. The Morgan fingerprint density at radius 1 is 1.04 bits per heavy atom. The molecule has 0 fully saturated rings. The van der Waals surface area contributed by atoms with Gasteiger partial charge in [0.25, 0.3) is 5.91 Å². The zero-order valence-electron chi connectivity index (χ0n) is 15.4. The Bertz CT molecular complexity index is 770. The molecule has 0 saturated carbocycles. The van der Waals surface area contributed by atoms with Gasteiger partial charge < -0.3 is 19.5 Å². The number of rotatable bonds is 7. The number of ether oxygens (including phenoxy) is 3. The van der Waals surface area contributed by atoms with Crippen LogP contribution in [-0.2, 0) is 16.0 Å². The van der Waals surface area contributed by atoms with Gasteiger partial charge in [-0.25, -0.2) is 4.79 Å². The number of anilines is 1. The third-order valence-electron chi connectivity index (χ3n) is 3.89. The lowest BCUT2D eigenvalue weighted by Crippen LogP contribution is -2.30. The van der Waals surface area contributed by atoms with Crippen LogP contribution in [0.5, 0.6) is 11.5 Å². The molecule has 1 atom stereocenters. The maximum Gasteiger partial charge on any atom is 0.337 e. The number of aryl methyl sites for hydroxylation is 1. The molecule has 1 N–H and O–H groups in total. The summed E-state index contributed by atoms with van der Waals surface area (Å²) >= 11 is 0. The smallest absolute Gasteiger partial charge is 0.337 e. The van der Waals surface area contributed by atoms with E-state index < -0.39 is 12.1 Å². The van der Waals surface area contributed by atoms with Crippen LogP contribution in [0.2, 0.25) is 0 Å². The molecule has 0 aliphatic carbocycles. The Balaban J connectivity index is 2.06. The van der Waals surface area contributed by atoms with Gasteiger partial charge in [0.05, 0.1) is 19.8 Å². The molecule has 2 aromatic carbocycles. The van der Waals surface area contributed by atoms with Gasteiger partial charge >= 0.3 is 5.97 Å². The molecule has 0 radical (unpaired) electrons. The summed E-state index contributed by atoms with van der Waals surface area (Å²) in [7, 11) is 2.77. The molecule has 2 rings (SSSR count). The van der Waals surface area contributed by atoms with Gasteiger partial charge in [0.1, 0.15) is 0 Å². The van der Waals surface area contributed by atoms with Crippen molar-refractivity contribution in [2.45, 2.75) is 26.4 Å². The van der Waals surface area contributed by atoms with Crippen LogP contribution in [0.15, 0.2) is 42.5 Å². The van der Waals surface area contributed by atoms with Crippen molar-refractivity contribution in [3.63, 3.8) is 0 Å². The van der Waals surface area contributed by atoms with Gasteiger partial charge in [-0.3, -0.25) is 4.79 Å². The molecule has 0 aliphatic rings. The molecule has 0 aliphatic heterocycles.